The fourth-order valence-corrected chi connectivity index (χ4v) is 1.09. The molecule has 0 aliphatic rings. The van der Waals surface area contributed by atoms with Crippen LogP contribution in [0.2, 0.25) is 0 Å². The zero-order valence-corrected chi connectivity index (χ0v) is 9.21. The molecule has 7 nitrogen and oxygen atoms in total. The van der Waals surface area contributed by atoms with Gasteiger partial charge < -0.3 is 16.3 Å². The molecule has 1 aromatic rings. The van der Waals surface area contributed by atoms with Crippen LogP contribution in [0.3, 0.4) is 0 Å². The van der Waals surface area contributed by atoms with Crippen LogP contribution in [0.25, 0.3) is 0 Å². The molecule has 88 valence electrons. The Bertz CT molecular complexity index is 398. The van der Waals surface area contributed by atoms with Gasteiger partial charge >= 0.3 is 0 Å². The molecular weight excluding hydrogens is 210 g/mol. The molecule has 0 aromatic carbocycles. The van der Waals surface area contributed by atoms with E-state index in [4.69, 9.17) is 10.9 Å². The van der Waals surface area contributed by atoms with E-state index in [2.05, 4.69) is 15.6 Å². The number of hydrogen-bond donors (Lipinski definition) is 3. The third-order valence-electron chi connectivity index (χ3n) is 2.16. The van der Waals surface area contributed by atoms with E-state index in [0.29, 0.717) is 12.1 Å². The molecule has 0 saturated carbocycles. The highest BCUT2D eigenvalue weighted by atomic mass is 16.4. The van der Waals surface area contributed by atoms with Crippen LogP contribution in [0.4, 0.5) is 0 Å². The van der Waals surface area contributed by atoms with E-state index in [1.807, 2.05) is 0 Å². The lowest BCUT2D eigenvalue weighted by Gasteiger charge is -2.09. The Morgan fingerprint density at radius 2 is 2.50 bits per heavy atom. The first-order valence-corrected chi connectivity index (χ1v) is 4.79. The van der Waals surface area contributed by atoms with Crippen molar-refractivity contribution < 1.29 is 10.0 Å². The summed E-state index contributed by atoms with van der Waals surface area (Å²) in [5.41, 5.74) is 5.86. The van der Waals surface area contributed by atoms with Gasteiger partial charge in [0.15, 0.2) is 0 Å². The van der Waals surface area contributed by atoms with Crippen molar-refractivity contribution in [2.45, 2.75) is 6.92 Å². The number of aromatic nitrogens is 2. The Balaban J connectivity index is 2.47. The average Bonchev–Trinajstić information content (AvgIpc) is 2.71. The van der Waals surface area contributed by atoms with E-state index in [-0.39, 0.29) is 17.7 Å². The number of hydrogen-bond acceptors (Lipinski definition) is 4. The van der Waals surface area contributed by atoms with Crippen LogP contribution in [-0.4, -0.2) is 33.3 Å². The molecule has 0 fully saturated rings. The summed E-state index contributed by atoms with van der Waals surface area (Å²) in [4.78, 5) is 11.6. The Morgan fingerprint density at radius 1 is 1.81 bits per heavy atom. The normalized spacial score (nSPS) is 13.5. The summed E-state index contributed by atoms with van der Waals surface area (Å²) < 4.78 is 1.54. The SMILES string of the molecule is CC(CNC(=O)c1cnn(C)c1)C(N)=NO. The Labute approximate surface area is 92.9 Å². The van der Waals surface area contributed by atoms with Gasteiger partial charge in [0, 0.05) is 25.7 Å². The van der Waals surface area contributed by atoms with Gasteiger partial charge in [-0.05, 0) is 0 Å². The topological polar surface area (TPSA) is 106 Å². The smallest absolute Gasteiger partial charge is 0.254 e. The highest BCUT2D eigenvalue weighted by Gasteiger charge is 2.11. The zero-order valence-electron chi connectivity index (χ0n) is 9.21. The van der Waals surface area contributed by atoms with Crippen LogP contribution >= 0.6 is 0 Å². The number of rotatable bonds is 4. The number of oxime groups is 1. The van der Waals surface area contributed by atoms with Crippen molar-refractivity contribution in [2.24, 2.45) is 23.9 Å². The number of carbonyl (C=O) groups is 1. The minimum atomic E-state index is -0.231. The molecule has 1 amide bonds. The lowest BCUT2D eigenvalue weighted by atomic mass is 10.1. The Morgan fingerprint density at radius 3 is 3.00 bits per heavy atom. The predicted octanol–water partition coefficient (Wildman–Crippen LogP) is -0.468. The van der Waals surface area contributed by atoms with Gasteiger partial charge in [0.05, 0.1) is 11.8 Å². The Kier molecular flexibility index (Phi) is 3.87. The molecule has 0 aliphatic carbocycles. The van der Waals surface area contributed by atoms with Crippen LogP contribution in [0.1, 0.15) is 17.3 Å². The van der Waals surface area contributed by atoms with Gasteiger partial charge in [-0.25, -0.2) is 0 Å². The minimum Gasteiger partial charge on any atom is -0.409 e. The second-order valence-electron chi connectivity index (χ2n) is 3.54. The molecular formula is C9H15N5O2. The first kappa shape index (κ1) is 12.0. The predicted molar refractivity (Wildman–Crippen MR) is 58.1 cm³/mol. The molecule has 16 heavy (non-hydrogen) atoms. The molecule has 7 heteroatoms. The van der Waals surface area contributed by atoms with Gasteiger partial charge in [0.2, 0.25) is 0 Å². The maximum absolute atomic E-state index is 11.6. The number of aryl methyl sites for hydroxylation is 1. The second kappa shape index (κ2) is 5.15. The number of amides is 1. The van der Waals surface area contributed by atoms with E-state index in [0.717, 1.165) is 0 Å². The van der Waals surface area contributed by atoms with Crippen LogP contribution in [0.15, 0.2) is 17.5 Å². The van der Waals surface area contributed by atoms with Crippen LogP contribution in [0, 0.1) is 5.92 Å². The van der Waals surface area contributed by atoms with Crippen molar-refractivity contribution in [1.82, 2.24) is 15.1 Å². The maximum atomic E-state index is 11.6. The monoisotopic (exact) mass is 225 g/mol. The number of nitrogens with zero attached hydrogens (tertiary/aromatic N) is 3. The van der Waals surface area contributed by atoms with Gasteiger partial charge in [0.1, 0.15) is 5.84 Å². The maximum Gasteiger partial charge on any atom is 0.254 e. The molecule has 1 unspecified atom stereocenters. The number of amidine groups is 1. The fourth-order valence-electron chi connectivity index (χ4n) is 1.09. The fraction of sp³-hybridized carbons (Fsp3) is 0.444. The minimum absolute atomic E-state index is 0.0893. The summed E-state index contributed by atoms with van der Waals surface area (Å²) in [7, 11) is 1.73. The van der Waals surface area contributed by atoms with Gasteiger partial charge in [0.25, 0.3) is 5.91 Å². The van der Waals surface area contributed by atoms with Crippen molar-refractivity contribution in [3.05, 3.63) is 18.0 Å². The largest absolute Gasteiger partial charge is 0.409 e. The molecule has 1 rings (SSSR count). The van der Waals surface area contributed by atoms with E-state index >= 15 is 0 Å². The molecule has 0 bridgehead atoms. The quantitative estimate of drug-likeness (QED) is 0.279. The van der Waals surface area contributed by atoms with E-state index < -0.39 is 0 Å². The molecule has 0 radical (unpaired) electrons. The van der Waals surface area contributed by atoms with Gasteiger partial charge in [-0.3, -0.25) is 9.48 Å². The lowest BCUT2D eigenvalue weighted by Crippen LogP contribution is -2.34. The summed E-state index contributed by atoms with van der Waals surface area (Å²) in [6.45, 7) is 2.06. The van der Waals surface area contributed by atoms with Crippen molar-refractivity contribution >= 4 is 11.7 Å². The molecule has 0 spiro atoms. The van der Waals surface area contributed by atoms with Crippen molar-refractivity contribution in [1.29, 1.82) is 0 Å². The van der Waals surface area contributed by atoms with Crippen molar-refractivity contribution in [3.8, 4) is 0 Å². The van der Waals surface area contributed by atoms with Crippen molar-refractivity contribution in [3.63, 3.8) is 0 Å². The summed E-state index contributed by atoms with van der Waals surface area (Å²) in [6, 6.07) is 0. The second-order valence-corrected chi connectivity index (χ2v) is 3.54. The Hall–Kier alpha value is -2.05. The van der Waals surface area contributed by atoms with Crippen molar-refractivity contribution in [2.75, 3.05) is 6.54 Å². The van der Waals surface area contributed by atoms with E-state index in [1.165, 1.54) is 6.20 Å². The summed E-state index contributed by atoms with van der Waals surface area (Å²) in [5, 5.41) is 17.8. The first-order valence-electron chi connectivity index (χ1n) is 4.79. The standard InChI is InChI=1S/C9H15N5O2/c1-6(8(10)13-16)3-11-9(15)7-4-12-14(2)5-7/h4-6,16H,3H2,1-2H3,(H2,10,13)(H,11,15). The van der Waals surface area contributed by atoms with Crippen LogP contribution < -0.4 is 11.1 Å². The lowest BCUT2D eigenvalue weighted by molar-refractivity contribution is 0.0951. The van der Waals surface area contributed by atoms with Gasteiger partial charge in [-0.15, -0.1) is 0 Å². The molecule has 1 atom stereocenters. The van der Waals surface area contributed by atoms with Crippen LogP contribution in [-0.2, 0) is 7.05 Å². The summed E-state index contributed by atoms with van der Waals surface area (Å²) >= 11 is 0. The zero-order chi connectivity index (χ0) is 12.1. The number of carbonyl (C=O) groups excluding carboxylic acids is 1. The average molecular weight is 225 g/mol. The third-order valence-corrected chi connectivity index (χ3v) is 2.16. The third kappa shape index (κ3) is 2.97. The van der Waals surface area contributed by atoms with E-state index in [1.54, 1.807) is 24.9 Å². The highest BCUT2D eigenvalue weighted by molar-refractivity contribution is 5.94. The molecule has 0 aliphatic heterocycles. The number of nitrogens with two attached hydrogens (primary N) is 1. The van der Waals surface area contributed by atoms with E-state index in [9.17, 15) is 4.79 Å². The van der Waals surface area contributed by atoms with Gasteiger partial charge in [-0.1, -0.05) is 12.1 Å². The number of nitrogens with one attached hydrogen (secondary N) is 1. The molecule has 1 aromatic heterocycles. The van der Waals surface area contributed by atoms with Crippen LogP contribution in [0.5, 0.6) is 0 Å². The molecule has 0 saturated heterocycles. The first-order chi connectivity index (χ1) is 7.54. The highest BCUT2D eigenvalue weighted by Crippen LogP contribution is 1.97. The summed E-state index contributed by atoms with van der Waals surface area (Å²) in [6.07, 6.45) is 3.09. The summed E-state index contributed by atoms with van der Waals surface area (Å²) in [5.74, 6) is -0.359. The molecule has 1 heterocycles. The van der Waals surface area contributed by atoms with Gasteiger partial charge in [-0.2, -0.15) is 5.10 Å². The molecule has 4 N–H and O–H groups in total.